The van der Waals surface area contributed by atoms with Crippen LogP contribution in [0.15, 0.2) is 48.5 Å². The smallest absolute Gasteiger partial charge is 0.361 e. The second-order valence-corrected chi connectivity index (χ2v) is 8.50. The molecule has 200 valence electrons. The number of benzene rings is 2. The zero-order valence-corrected chi connectivity index (χ0v) is 22.5. The molecule has 0 aromatic heterocycles. The Labute approximate surface area is 221 Å². The van der Waals surface area contributed by atoms with Crippen LogP contribution in [0.4, 0.5) is 0 Å². The Hall–Kier alpha value is -4.72. The summed E-state index contributed by atoms with van der Waals surface area (Å²) in [5, 5.41) is 0.404. The summed E-state index contributed by atoms with van der Waals surface area (Å²) in [7, 11) is 3.23. The molecule has 0 spiro atoms. The van der Waals surface area contributed by atoms with Crippen LogP contribution in [0, 0.1) is 13.8 Å². The van der Waals surface area contributed by atoms with Crippen LogP contribution >= 0.6 is 0 Å². The zero-order valence-electron chi connectivity index (χ0n) is 22.5. The highest BCUT2D eigenvalue weighted by atomic mass is 16.7. The van der Waals surface area contributed by atoms with Crippen molar-refractivity contribution in [1.82, 2.24) is 9.96 Å². The minimum atomic E-state index is -1.07. The molecule has 0 radical (unpaired) electrons. The Kier molecular flexibility index (Phi) is 12.7. The summed E-state index contributed by atoms with van der Waals surface area (Å²) in [6, 6.07) is 13.8. The molecule has 0 saturated carbocycles. The first kappa shape index (κ1) is 31.3. The number of hydroxylamine groups is 2. The van der Waals surface area contributed by atoms with Gasteiger partial charge in [-0.2, -0.15) is 9.58 Å². The van der Waals surface area contributed by atoms with E-state index in [0.717, 1.165) is 11.1 Å². The highest BCUT2D eigenvalue weighted by molar-refractivity contribution is 6.42. The number of amides is 3. The van der Waals surface area contributed by atoms with Gasteiger partial charge in [0, 0.05) is 26.9 Å². The summed E-state index contributed by atoms with van der Waals surface area (Å²) in [6.07, 6.45) is 1.25. The predicted octanol–water partition coefficient (Wildman–Crippen LogP) is 3.14. The van der Waals surface area contributed by atoms with Crippen LogP contribution in [-0.4, -0.2) is 68.8 Å². The zero-order chi connectivity index (χ0) is 28.8. The molecular weight excluding hydrogens is 488 g/mol. The number of hydrogen-bond acceptors (Lipinski definition) is 5. The summed E-state index contributed by atoms with van der Waals surface area (Å²) < 4.78 is 0. The largest absolute Gasteiger partial charge is 0.446 e. The third-order valence-corrected chi connectivity index (χ3v) is 4.83. The number of carbonyl (C=O) groups is 4. The molecule has 0 atom stereocenters. The van der Waals surface area contributed by atoms with Gasteiger partial charge in [0.15, 0.2) is 0 Å². The van der Waals surface area contributed by atoms with E-state index in [0.29, 0.717) is 16.2 Å². The van der Waals surface area contributed by atoms with Crippen LogP contribution in [0.2, 0.25) is 0 Å². The molecule has 1 aliphatic rings. The van der Waals surface area contributed by atoms with Gasteiger partial charge in [0.25, 0.3) is 11.8 Å². The van der Waals surface area contributed by atoms with Crippen LogP contribution in [0.1, 0.15) is 55.4 Å². The van der Waals surface area contributed by atoms with Crippen molar-refractivity contribution in [2.75, 3.05) is 14.1 Å². The molecule has 0 aliphatic carbocycles. The standard InChI is InChI=1S/C13H11N3O4.C11H13N3O.C3H8/c1-8-2-4-9(5-3-8)12(15-14)13(19)20-16-10(17)6-7-11(16)18;1-8-4-6-9(7-5-8)10(13-12)11(15)14(2)3;1-3-2/h2-5H,6-7H2,1H3;4-7H,1-3H3;3H2,1-2H3. The average molecular weight is 521 g/mol. The molecule has 38 heavy (non-hydrogen) atoms. The molecule has 3 amide bonds. The average Bonchev–Trinajstić information content (AvgIpc) is 3.20. The normalized spacial score (nSPS) is 11.6. The van der Waals surface area contributed by atoms with Gasteiger partial charge < -0.3 is 20.8 Å². The SMILES string of the molecule is CCC.Cc1ccc(C(=[N+]=[N-])C(=O)N(C)C)cc1.Cc1ccc(C(=[N+]=[N-])C(=O)ON2C(=O)CCC2=O)cc1. The van der Waals surface area contributed by atoms with Crippen LogP contribution in [0.3, 0.4) is 0 Å². The molecular formula is C27H32N6O5. The van der Waals surface area contributed by atoms with E-state index in [1.165, 1.54) is 11.3 Å². The summed E-state index contributed by atoms with van der Waals surface area (Å²) in [4.78, 5) is 58.1. The lowest BCUT2D eigenvalue weighted by Gasteiger charge is -2.10. The van der Waals surface area contributed by atoms with Gasteiger partial charge in [-0.05, 0) is 38.1 Å². The fourth-order valence-electron chi connectivity index (χ4n) is 2.86. The maximum atomic E-state index is 11.8. The molecule has 1 heterocycles. The van der Waals surface area contributed by atoms with Crippen molar-refractivity contribution >= 4 is 35.1 Å². The second-order valence-electron chi connectivity index (χ2n) is 8.50. The monoisotopic (exact) mass is 520 g/mol. The first-order valence-corrected chi connectivity index (χ1v) is 11.9. The highest BCUT2D eigenvalue weighted by Crippen LogP contribution is 2.13. The lowest BCUT2D eigenvalue weighted by molar-refractivity contribution is -0.194. The van der Waals surface area contributed by atoms with E-state index >= 15 is 0 Å². The van der Waals surface area contributed by atoms with Crippen molar-refractivity contribution in [1.29, 1.82) is 0 Å². The van der Waals surface area contributed by atoms with Crippen LogP contribution in [0.25, 0.3) is 11.1 Å². The fraction of sp³-hybridized carbons (Fsp3) is 0.333. The van der Waals surface area contributed by atoms with Crippen LogP contribution in [0.5, 0.6) is 0 Å². The molecule has 11 heteroatoms. The summed E-state index contributed by atoms with van der Waals surface area (Å²) in [5.74, 6) is -2.57. The fourth-order valence-corrected chi connectivity index (χ4v) is 2.86. The molecule has 0 bridgehead atoms. The van der Waals surface area contributed by atoms with E-state index in [1.54, 1.807) is 50.5 Å². The van der Waals surface area contributed by atoms with E-state index in [1.807, 2.05) is 26.0 Å². The van der Waals surface area contributed by atoms with Crippen molar-refractivity contribution < 1.29 is 33.6 Å². The molecule has 2 aromatic carbocycles. The van der Waals surface area contributed by atoms with Gasteiger partial charge in [-0.15, -0.1) is 5.06 Å². The quantitative estimate of drug-likeness (QED) is 0.256. The first-order valence-electron chi connectivity index (χ1n) is 11.9. The second kappa shape index (κ2) is 15.4. The number of imide groups is 1. The Balaban J connectivity index is 0.000000356. The van der Waals surface area contributed by atoms with E-state index in [-0.39, 0.29) is 30.2 Å². The Morgan fingerprint density at radius 3 is 1.53 bits per heavy atom. The molecule has 1 saturated heterocycles. The number of nitrogens with zero attached hydrogens (tertiary/aromatic N) is 6. The van der Waals surface area contributed by atoms with Gasteiger partial charge in [0.1, 0.15) is 0 Å². The van der Waals surface area contributed by atoms with Crippen LogP contribution in [-0.2, 0) is 24.0 Å². The minimum absolute atomic E-state index is 0.00223. The van der Waals surface area contributed by atoms with E-state index in [9.17, 15) is 19.2 Å². The van der Waals surface area contributed by atoms with Crippen LogP contribution < -0.4 is 0 Å². The summed E-state index contributed by atoms with van der Waals surface area (Å²) in [5.41, 5.74) is 20.4. The number of rotatable bonds is 5. The lowest BCUT2D eigenvalue weighted by Crippen LogP contribution is -2.35. The van der Waals surface area contributed by atoms with Gasteiger partial charge in [0.05, 0.1) is 11.1 Å². The van der Waals surface area contributed by atoms with Crippen molar-refractivity contribution in [3.05, 3.63) is 81.8 Å². The maximum Gasteiger partial charge on any atom is 0.446 e. The van der Waals surface area contributed by atoms with Crippen molar-refractivity contribution in [3.8, 4) is 0 Å². The molecule has 1 fully saturated rings. The number of hydrogen-bond donors (Lipinski definition) is 0. The number of carbonyl (C=O) groups excluding carboxylic acids is 4. The van der Waals surface area contributed by atoms with Crippen molar-refractivity contribution in [3.63, 3.8) is 0 Å². The summed E-state index contributed by atoms with van der Waals surface area (Å²) in [6.45, 7) is 8.06. The molecule has 0 unspecified atom stereocenters. The lowest BCUT2D eigenvalue weighted by atomic mass is 10.1. The van der Waals surface area contributed by atoms with E-state index in [2.05, 4.69) is 28.3 Å². The molecule has 3 rings (SSSR count). The predicted molar refractivity (Wildman–Crippen MR) is 140 cm³/mol. The number of aryl methyl sites for hydroxylation is 2. The number of likely N-dealkylation sites (N-methyl/N-ethyl adjacent to an activating group) is 1. The first-order chi connectivity index (χ1) is 18.0. The molecule has 2 aromatic rings. The summed E-state index contributed by atoms with van der Waals surface area (Å²) >= 11 is 0. The van der Waals surface area contributed by atoms with Gasteiger partial charge in [0.2, 0.25) is 0 Å². The molecule has 1 aliphatic heterocycles. The van der Waals surface area contributed by atoms with Gasteiger partial charge >= 0.3 is 23.3 Å². The Morgan fingerprint density at radius 1 is 0.816 bits per heavy atom. The van der Waals surface area contributed by atoms with E-state index in [4.69, 9.17) is 11.1 Å². The van der Waals surface area contributed by atoms with E-state index < -0.39 is 17.8 Å². The third kappa shape index (κ3) is 9.05. The van der Waals surface area contributed by atoms with Gasteiger partial charge in [-0.3, -0.25) is 14.4 Å². The van der Waals surface area contributed by atoms with Gasteiger partial charge in [-0.1, -0.05) is 55.7 Å². The topological polar surface area (TPSA) is 157 Å². The highest BCUT2D eigenvalue weighted by Gasteiger charge is 2.36. The minimum Gasteiger partial charge on any atom is -0.361 e. The Bertz CT molecular complexity index is 1240. The van der Waals surface area contributed by atoms with Crippen molar-refractivity contribution in [2.45, 2.75) is 47.0 Å². The maximum absolute atomic E-state index is 11.8. The Morgan fingerprint density at radius 2 is 1.18 bits per heavy atom. The third-order valence-electron chi connectivity index (χ3n) is 4.83. The van der Waals surface area contributed by atoms with Gasteiger partial charge in [-0.25, -0.2) is 4.79 Å². The molecule has 0 N–H and O–H groups in total. The van der Waals surface area contributed by atoms with Crippen molar-refractivity contribution in [2.24, 2.45) is 0 Å². The molecule has 11 nitrogen and oxygen atoms in total.